The van der Waals surface area contributed by atoms with Gasteiger partial charge in [-0.15, -0.1) is 0 Å². The van der Waals surface area contributed by atoms with E-state index in [9.17, 15) is 12.8 Å². The van der Waals surface area contributed by atoms with E-state index in [0.717, 1.165) is 12.1 Å². The molecule has 0 aliphatic heterocycles. The van der Waals surface area contributed by atoms with Gasteiger partial charge in [0.1, 0.15) is 10.7 Å². The SMILES string of the molecule is NCc1ccc(Cl)c(S(=O)(=O)Nc2ccc(F)cc2Cl)c1. The molecule has 2 aromatic carbocycles. The average Bonchev–Trinajstić information content (AvgIpc) is 2.42. The first-order valence-corrected chi connectivity index (χ1v) is 8.04. The Morgan fingerprint density at radius 1 is 1.10 bits per heavy atom. The highest BCUT2D eigenvalue weighted by Gasteiger charge is 2.19. The van der Waals surface area contributed by atoms with Crippen molar-refractivity contribution in [1.82, 2.24) is 0 Å². The molecule has 0 fully saturated rings. The predicted molar refractivity (Wildman–Crippen MR) is 81.6 cm³/mol. The smallest absolute Gasteiger partial charge is 0.263 e. The van der Waals surface area contributed by atoms with Gasteiger partial charge in [-0.3, -0.25) is 4.72 Å². The third-order valence-corrected chi connectivity index (χ3v) is 4.86. The van der Waals surface area contributed by atoms with E-state index in [-0.39, 0.29) is 27.2 Å². The molecule has 0 aromatic heterocycles. The number of halogens is 3. The molecule has 0 unspecified atom stereocenters. The summed E-state index contributed by atoms with van der Waals surface area (Å²) in [5.41, 5.74) is 6.16. The van der Waals surface area contributed by atoms with E-state index in [2.05, 4.69) is 4.72 Å². The zero-order valence-electron chi connectivity index (χ0n) is 10.6. The topological polar surface area (TPSA) is 72.2 Å². The number of sulfonamides is 1. The monoisotopic (exact) mass is 348 g/mol. The minimum absolute atomic E-state index is 0.0512. The minimum atomic E-state index is -3.96. The summed E-state index contributed by atoms with van der Waals surface area (Å²) in [6.45, 7) is 0.178. The second-order valence-corrected chi connectivity index (χ2v) is 6.66. The molecule has 21 heavy (non-hydrogen) atoms. The van der Waals surface area contributed by atoms with Crippen molar-refractivity contribution in [3.05, 3.63) is 57.8 Å². The molecule has 0 aliphatic carbocycles. The lowest BCUT2D eigenvalue weighted by molar-refractivity contribution is 0.601. The molecule has 0 saturated heterocycles. The van der Waals surface area contributed by atoms with Crippen molar-refractivity contribution >= 4 is 38.9 Å². The van der Waals surface area contributed by atoms with E-state index >= 15 is 0 Å². The molecule has 2 rings (SSSR count). The maximum Gasteiger partial charge on any atom is 0.263 e. The van der Waals surface area contributed by atoms with Crippen molar-refractivity contribution in [2.75, 3.05) is 4.72 Å². The maximum atomic E-state index is 13.0. The molecule has 3 N–H and O–H groups in total. The Morgan fingerprint density at radius 3 is 2.43 bits per heavy atom. The summed E-state index contributed by atoms with van der Waals surface area (Å²) < 4.78 is 39.9. The van der Waals surface area contributed by atoms with Crippen molar-refractivity contribution in [1.29, 1.82) is 0 Å². The number of benzene rings is 2. The lowest BCUT2D eigenvalue weighted by Crippen LogP contribution is -2.14. The second-order valence-electron chi connectivity index (χ2n) is 4.20. The van der Waals surface area contributed by atoms with Crippen LogP contribution in [-0.2, 0) is 16.6 Å². The van der Waals surface area contributed by atoms with Crippen LogP contribution < -0.4 is 10.5 Å². The van der Waals surface area contributed by atoms with Crippen molar-refractivity contribution < 1.29 is 12.8 Å². The van der Waals surface area contributed by atoms with Gasteiger partial charge >= 0.3 is 0 Å². The standard InChI is InChI=1S/C13H11Cl2FN2O2S/c14-10-3-1-8(7-17)5-13(10)21(19,20)18-12-4-2-9(16)6-11(12)15/h1-6,18H,7,17H2. The van der Waals surface area contributed by atoms with E-state index in [1.54, 1.807) is 6.07 Å². The lowest BCUT2D eigenvalue weighted by Gasteiger charge is -2.12. The lowest BCUT2D eigenvalue weighted by atomic mass is 10.2. The van der Waals surface area contributed by atoms with Crippen LogP contribution in [0.3, 0.4) is 0 Å². The zero-order chi connectivity index (χ0) is 15.6. The summed E-state index contributed by atoms with van der Waals surface area (Å²) in [5, 5.41) is 0.00242. The molecule has 0 bridgehead atoms. The van der Waals surface area contributed by atoms with Gasteiger partial charge in [-0.1, -0.05) is 29.3 Å². The number of nitrogens with one attached hydrogen (secondary N) is 1. The Hall–Kier alpha value is -1.34. The van der Waals surface area contributed by atoms with E-state index in [1.165, 1.54) is 18.2 Å². The Kier molecular flexibility index (Phi) is 4.73. The summed E-state index contributed by atoms with van der Waals surface area (Å²) in [4.78, 5) is -0.118. The van der Waals surface area contributed by atoms with Crippen LogP contribution in [0.4, 0.5) is 10.1 Å². The van der Waals surface area contributed by atoms with E-state index in [0.29, 0.717) is 5.56 Å². The molecular formula is C13H11Cl2FN2O2S. The van der Waals surface area contributed by atoms with Crippen molar-refractivity contribution in [2.45, 2.75) is 11.4 Å². The molecule has 4 nitrogen and oxygen atoms in total. The van der Waals surface area contributed by atoms with Crippen LogP contribution >= 0.6 is 23.2 Å². The van der Waals surface area contributed by atoms with Crippen molar-refractivity contribution in [3.8, 4) is 0 Å². The second kappa shape index (κ2) is 6.19. The van der Waals surface area contributed by atoms with Gasteiger partial charge in [-0.2, -0.15) is 0 Å². The Labute approximate surface area is 131 Å². The van der Waals surface area contributed by atoms with Crippen LogP contribution in [0.25, 0.3) is 0 Å². The minimum Gasteiger partial charge on any atom is -0.326 e. The quantitative estimate of drug-likeness (QED) is 0.889. The van der Waals surface area contributed by atoms with Gasteiger partial charge in [0.2, 0.25) is 0 Å². The zero-order valence-corrected chi connectivity index (χ0v) is 12.9. The fraction of sp³-hybridized carbons (Fsp3) is 0.0769. The Balaban J connectivity index is 2.43. The van der Waals surface area contributed by atoms with E-state index < -0.39 is 15.8 Å². The first-order valence-electron chi connectivity index (χ1n) is 5.80. The predicted octanol–water partition coefficient (Wildman–Crippen LogP) is 3.39. The fourth-order valence-electron chi connectivity index (χ4n) is 1.65. The molecule has 0 radical (unpaired) electrons. The van der Waals surface area contributed by atoms with Crippen molar-refractivity contribution in [2.24, 2.45) is 5.73 Å². The highest BCUT2D eigenvalue weighted by Crippen LogP contribution is 2.28. The van der Waals surface area contributed by atoms with Crippen LogP contribution in [0.2, 0.25) is 10.0 Å². The molecule has 0 spiro atoms. The van der Waals surface area contributed by atoms with Gasteiger partial charge < -0.3 is 5.73 Å². The molecule has 0 saturated carbocycles. The Bertz CT molecular complexity index is 782. The molecule has 0 aliphatic rings. The summed E-state index contributed by atoms with van der Waals surface area (Å²) in [7, 11) is -3.96. The number of hydrogen-bond donors (Lipinski definition) is 2. The third-order valence-electron chi connectivity index (χ3n) is 2.70. The van der Waals surface area contributed by atoms with Crippen LogP contribution in [0.1, 0.15) is 5.56 Å². The Morgan fingerprint density at radius 2 is 1.81 bits per heavy atom. The highest BCUT2D eigenvalue weighted by atomic mass is 35.5. The first kappa shape index (κ1) is 16.0. The van der Waals surface area contributed by atoms with E-state index in [1.807, 2.05) is 0 Å². The van der Waals surface area contributed by atoms with Gasteiger partial charge in [0.15, 0.2) is 0 Å². The number of rotatable bonds is 4. The molecule has 2 aromatic rings. The van der Waals surface area contributed by atoms with Gasteiger partial charge in [-0.05, 0) is 35.9 Å². The summed E-state index contributed by atoms with van der Waals surface area (Å²) in [6.07, 6.45) is 0. The number of hydrogen-bond acceptors (Lipinski definition) is 3. The molecule has 0 atom stereocenters. The molecule has 0 heterocycles. The normalized spacial score (nSPS) is 11.4. The number of anilines is 1. The summed E-state index contributed by atoms with van der Waals surface area (Å²) in [6, 6.07) is 7.80. The van der Waals surface area contributed by atoms with Crippen LogP contribution in [0.15, 0.2) is 41.3 Å². The van der Waals surface area contributed by atoms with Gasteiger partial charge in [0.05, 0.1) is 15.7 Å². The van der Waals surface area contributed by atoms with Crippen LogP contribution in [0.5, 0.6) is 0 Å². The van der Waals surface area contributed by atoms with Gasteiger partial charge in [0.25, 0.3) is 10.0 Å². The molecule has 112 valence electrons. The third kappa shape index (κ3) is 3.65. The van der Waals surface area contributed by atoms with Gasteiger partial charge in [-0.25, -0.2) is 12.8 Å². The van der Waals surface area contributed by atoms with Crippen LogP contribution in [0, 0.1) is 5.82 Å². The summed E-state index contributed by atoms with van der Waals surface area (Å²) in [5.74, 6) is -0.564. The molecule has 0 amide bonds. The number of nitrogens with two attached hydrogens (primary N) is 1. The maximum absolute atomic E-state index is 13.0. The first-order chi connectivity index (χ1) is 9.83. The van der Waals surface area contributed by atoms with E-state index in [4.69, 9.17) is 28.9 Å². The highest BCUT2D eigenvalue weighted by molar-refractivity contribution is 7.92. The summed E-state index contributed by atoms with van der Waals surface area (Å²) >= 11 is 11.7. The fourth-order valence-corrected chi connectivity index (χ4v) is 3.55. The van der Waals surface area contributed by atoms with Crippen molar-refractivity contribution in [3.63, 3.8) is 0 Å². The average molecular weight is 349 g/mol. The largest absolute Gasteiger partial charge is 0.326 e. The molecule has 8 heteroatoms. The van der Waals surface area contributed by atoms with Gasteiger partial charge in [0, 0.05) is 6.54 Å². The molecular weight excluding hydrogens is 338 g/mol. The van der Waals surface area contributed by atoms with Crippen LogP contribution in [-0.4, -0.2) is 8.42 Å².